The molecule has 2 aromatic rings. The van der Waals surface area contributed by atoms with Crippen LogP contribution in [-0.2, 0) is 14.6 Å². The van der Waals surface area contributed by atoms with E-state index in [9.17, 15) is 13.2 Å². The van der Waals surface area contributed by atoms with Crippen LogP contribution in [0.5, 0.6) is 0 Å². The summed E-state index contributed by atoms with van der Waals surface area (Å²) < 4.78 is 26.2. The molecule has 2 aliphatic rings. The lowest BCUT2D eigenvalue weighted by molar-refractivity contribution is -0.132. The van der Waals surface area contributed by atoms with Gasteiger partial charge >= 0.3 is 0 Å². The summed E-state index contributed by atoms with van der Waals surface area (Å²) in [5.74, 6) is 0.980. The second kappa shape index (κ2) is 9.36. The molecule has 0 radical (unpaired) electrons. The lowest BCUT2D eigenvalue weighted by Crippen LogP contribution is -2.47. The molecule has 1 unspecified atom stereocenters. The number of hydrogen-bond acceptors (Lipinski definition) is 5. The molecule has 6 nitrogen and oxygen atoms in total. The zero-order valence-corrected chi connectivity index (χ0v) is 19.9. The van der Waals surface area contributed by atoms with Crippen LogP contribution >= 0.6 is 11.8 Å². The van der Waals surface area contributed by atoms with Crippen molar-refractivity contribution in [3.63, 3.8) is 0 Å². The predicted molar refractivity (Wildman–Crippen MR) is 125 cm³/mol. The number of nitrogens with zero attached hydrogens (tertiary/aromatic N) is 3. The minimum atomic E-state index is -3.03. The predicted octanol–water partition coefficient (Wildman–Crippen LogP) is 4.05. The Balaban J connectivity index is 1.51. The lowest BCUT2D eigenvalue weighted by atomic mass is 10.0. The number of thioether (sulfide) groups is 1. The van der Waals surface area contributed by atoms with E-state index >= 15 is 0 Å². The van der Waals surface area contributed by atoms with Crippen LogP contribution in [0.25, 0.3) is 5.69 Å². The lowest BCUT2D eigenvalue weighted by Gasteiger charge is -2.34. The van der Waals surface area contributed by atoms with E-state index in [-0.39, 0.29) is 35.2 Å². The van der Waals surface area contributed by atoms with E-state index in [1.807, 2.05) is 27.8 Å². The smallest absolute Gasteiger partial charge is 0.233 e. The van der Waals surface area contributed by atoms with Gasteiger partial charge in [0.1, 0.15) is 0 Å². The average molecular weight is 462 g/mol. The number of sulfone groups is 1. The van der Waals surface area contributed by atoms with Crippen molar-refractivity contribution < 1.29 is 13.2 Å². The average Bonchev–Trinajstić information content (AvgIpc) is 3.48. The van der Waals surface area contributed by atoms with Crippen molar-refractivity contribution in [1.82, 2.24) is 14.5 Å². The Bertz CT molecular complexity index is 1030. The van der Waals surface area contributed by atoms with Gasteiger partial charge in [-0.25, -0.2) is 13.4 Å². The maximum absolute atomic E-state index is 13.3. The number of rotatable bonds is 7. The van der Waals surface area contributed by atoms with Crippen LogP contribution in [0.1, 0.15) is 57.4 Å². The molecular weight excluding hydrogens is 430 g/mol. The Kier molecular flexibility index (Phi) is 6.77. The van der Waals surface area contributed by atoms with Crippen molar-refractivity contribution in [3.8, 4) is 5.69 Å². The van der Waals surface area contributed by atoms with Crippen molar-refractivity contribution in [2.24, 2.45) is 0 Å². The van der Waals surface area contributed by atoms with E-state index < -0.39 is 9.84 Å². The molecule has 8 heteroatoms. The Morgan fingerprint density at radius 1 is 1.19 bits per heavy atom. The number of carbonyl (C=O) groups excluding carboxylic acids is 1. The number of hydrogen-bond donors (Lipinski definition) is 0. The number of carbonyl (C=O) groups is 1. The second-order valence-electron chi connectivity index (χ2n) is 8.88. The van der Waals surface area contributed by atoms with Crippen LogP contribution in [0.2, 0.25) is 0 Å². The standard InChI is InChI=1S/C23H31N3O3S2/c1-17(2)20-9-5-6-10-21(20)25-13-12-24-23(25)30-15-22(27)26(18-7-3-4-8-18)19-11-14-31(28,29)16-19/h5-6,9-10,12-13,17-19H,3-4,7-8,11,14-16H2,1-2H3. The summed E-state index contributed by atoms with van der Waals surface area (Å²) in [6.07, 6.45) is 8.43. The summed E-state index contributed by atoms with van der Waals surface area (Å²) in [5.41, 5.74) is 2.32. The minimum absolute atomic E-state index is 0.0331. The highest BCUT2D eigenvalue weighted by Crippen LogP contribution is 2.31. The quantitative estimate of drug-likeness (QED) is 0.582. The number of para-hydroxylation sites is 1. The first kappa shape index (κ1) is 22.4. The molecule has 1 saturated heterocycles. The Morgan fingerprint density at radius 2 is 1.94 bits per heavy atom. The fraction of sp³-hybridized carbons (Fsp3) is 0.565. The normalized spacial score (nSPS) is 21.1. The molecule has 1 aromatic heterocycles. The molecule has 2 heterocycles. The molecule has 0 N–H and O–H groups in total. The van der Waals surface area contributed by atoms with Gasteiger partial charge in [-0.3, -0.25) is 9.36 Å². The van der Waals surface area contributed by atoms with Gasteiger partial charge in [0.05, 0.1) is 22.9 Å². The molecule has 1 aliphatic carbocycles. The van der Waals surface area contributed by atoms with Crippen LogP contribution in [0.4, 0.5) is 0 Å². The highest BCUT2D eigenvalue weighted by molar-refractivity contribution is 7.99. The van der Waals surface area contributed by atoms with Gasteiger partial charge < -0.3 is 4.90 Å². The summed E-state index contributed by atoms with van der Waals surface area (Å²) in [6.45, 7) is 4.34. The Morgan fingerprint density at radius 3 is 2.61 bits per heavy atom. The first-order valence-corrected chi connectivity index (χ1v) is 13.9. The van der Waals surface area contributed by atoms with E-state index in [1.54, 1.807) is 6.20 Å². The van der Waals surface area contributed by atoms with Gasteiger partial charge in [0.15, 0.2) is 15.0 Å². The summed E-state index contributed by atoms with van der Waals surface area (Å²) >= 11 is 1.43. The molecule has 31 heavy (non-hydrogen) atoms. The molecule has 1 amide bonds. The second-order valence-corrected chi connectivity index (χ2v) is 12.0. The van der Waals surface area contributed by atoms with E-state index in [2.05, 4.69) is 31.0 Å². The van der Waals surface area contributed by atoms with Crippen LogP contribution in [0.3, 0.4) is 0 Å². The van der Waals surface area contributed by atoms with Gasteiger partial charge in [-0.1, -0.05) is 56.7 Å². The number of benzene rings is 1. The number of aromatic nitrogens is 2. The van der Waals surface area contributed by atoms with Gasteiger partial charge in [0.2, 0.25) is 5.91 Å². The SMILES string of the molecule is CC(C)c1ccccc1-n1ccnc1SCC(=O)N(C1CCCC1)C1CCS(=O)(=O)C1. The fourth-order valence-corrected chi connectivity index (χ4v) is 7.41. The third-order valence-electron chi connectivity index (χ3n) is 6.36. The zero-order valence-electron chi connectivity index (χ0n) is 18.2. The summed E-state index contributed by atoms with van der Waals surface area (Å²) in [4.78, 5) is 19.7. The third kappa shape index (κ3) is 5.00. The first-order valence-electron chi connectivity index (χ1n) is 11.1. The topological polar surface area (TPSA) is 72.3 Å². The van der Waals surface area contributed by atoms with E-state index in [0.29, 0.717) is 12.3 Å². The molecule has 1 atom stereocenters. The maximum Gasteiger partial charge on any atom is 0.233 e. The zero-order chi connectivity index (χ0) is 22.0. The molecule has 4 rings (SSSR count). The van der Waals surface area contributed by atoms with Gasteiger partial charge in [-0.05, 0) is 36.8 Å². The highest BCUT2D eigenvalue weighted by atomic mass is 32.2. The molecule has 2 fully saturated rings. The fourth-order valence-electron chi connectivity index (χ4n) is 4.86. The van der Waals surface area contributed by atoms with Crippen molar-refractivity contribution in [2.45, 2.75) is 69.1 Å². The van der Waals surface area contributed by atoms with Crippen LogP contribution < -0.4 is 0 Å². The van der Waals surface area contributed by atoms with Crippen molar-refractivity contribution in [1.29, 1.82) is 0 Å². The van der Waals surface area contributed by atoms with Gasteiger partial charge in [-0.2, -0.15) is 0 Å². The van der Waals surface area contributed by atoms with Crippen molar-refractivity contribution >= 4 is 27.5 Å². The monoisotopic (exact) mass is 461 g/mol. The molecule has 168 valence electrons. The van der Waals surface area contributed by atoms with E-state index in [1.165, 1.54) is 17.3 Å². The minimum Gasteiger partial charge on any atom is -0.335 e. The maximum atomic E-state index is 13.3. The third-order valence-corrected chi connectivity index (χ3v) is 9.06. The number of amides is 1. The molecule has 1 aliphatic heterocycles. The van der Waals surface area contributed by atoms with Gasteiger partial charge in [0.25, 0.3) is 0 Å². The summed E-state index contributed by atoms with van der Waals surface area (Å²) in [5, 5.41) is 0.784. The van der Waals surface area contributed by atoms with Gasteiger partial charge in [-0.15, -0.1) is 0 Å². The first-order chi connectivity index (χ1) is 14.9. The molecule has 1 saturated carbocycles. The van der Waals surface area contributed by atoms with Crippen molar-refractivity contribution in [2.75, 3.05) is 17.3 Å². The summed E-state index contributed by atoms with van der Waals surface area (Å²) in [7, 11) is -3.03. The number of imidazole rings is 1. The highest BCUT2D eigenvalue weighted by Gasteiger charge is 2.38. The van der Waals surface area contributed by atoms with Crippen LogP contribution in [0.15, 0.2) is 41.8 Å². The Labute approximate surface area is 189 Å². The summed E-state index contributed by atoms with van der Waals surface area (Å²) in [6, 6.07) is 8.26. The molecule has 0 spiro atoms. The molecular formula is C23H31N3O3S2. The van der Waals surface area contributed by atoms with Crippen LogP contribution in [0, 0.1) is 0 Å². The van der Waals surface area contributed by atoms with E-state index in [0.717, 1.165) is 36.5 Å². The van der Waals surface area contributed by atoms with Crippen molar-refractivity contribution in [3.05, 3.63) is 42.2 Å². The van der Waals surface area contributed by atoms with Crippen LogP contribution in [-0.4, -0.2) is 58.1 Å². The Hall–Kier alpha value is -1.80. The molecule has 1 aromatic carbocycles. The molecule has 0 bridgehead atoms. The largest absolute Gasteiger partial charge is 0.335 e. The van der Waals surface area contributed by atoms with E-state index in [4.69, 9.17) is 0 Å². The van der Waals surface area contributed by atoms with Gasteiger partial charge in [0, 0.05) is 24.5 Å².